The number of amides is 4. The second-order valence-corrected chi connectivity index (χ2v) is 10.8. The van der Waals surface area contributed by atoms with Crippen molar-refractivity contribution in [3.63, 3.8) is 0 Å². The molecule has 9 nitrogen and oxygen atoms in total. The minimum Gasteiger partial charge on any atom is -0.349 e. The van der Waals surface area contributed by atoms with E-state index < -0.39 is 17.4 Å². The van der Waals surface area contributed by atoms with E-state index >= 15 is 0 Å². The molecular weight excluding hydrogens is 460 g/mol. The summed E-state index contributed by atoms with van der Waals surface area (Å²) in [4.78, 5) is 51.8. The van der Waals surface area contributed by atoms with E-state index in [1.54, 1.807) is 17.0 Å². The van der Waals surface area contributed by atoms with Crippen molar-refractivity contribution < 1.29 is 24.4 Å². The Morgan fingerprint density at radius 3 is 2.31 bits per heavy atom. The smallest absolute Gasteiger partial charge is 0.251 e. The van der Waals surface area contributed by atoms with Crippen molar-refractivity contribution in [3.05, 3.63) is 35.4 Å². The Balaban J connectivity index is 2.00. The van der Waals surface area contributed by atoms with E-state index in [9.17, 15) is 24.4 Å². The largest absolute Gasteiger partial charge is 0.349 e. The van der Waals surface area contributed by atoms with Gasteiger partial charge in [0.25, 0.3) is 5.91 Å². The number of rotatable bonds is 11. The standard InChI is InChI=1S/C27H42N4O5/c1-6-7-8-21(17-31(36)18-32)25(34)29-23(27(3,4)5)26(35)30-15-13-22(14-16-30)28-24(33)20-11-9-19(2)10-12-20/h9-12,18,21-23,36H,6-8,13-17H2,1-5H3,(H,28,33)(H,29,34)/t21-,23-/m1/s1. The molecule has 1 aromatic carbocycles. The number of hydroxylamine groups is 2. The van der Waals surface area contributed by atoms with Crippen LogP contribution in [-0.4, -0.2) is 71.0 Å². The minimum atomic E-state index is -0.754. The molecule has 2 atom stereocenters. The maximum absolute atomic E-state index is 13.5. The monoisotopic (exact) mass is 502 g/mol. The number of hydrogen-bond acceptors (Lipinski definition) is 5. The van der Waals surface area contributed by atoms with Crippen LogP contribution < -0.4 is 10.6 Å². The first-order chi connectivity index (χ1) is 17.0. The third-order valence-electron chi connectivity index (χ3n) is 6.66. The van der Waals surface area contributed by atoms with Gasteiger partial charge in [0.1, 0.15) is 6.04 Å². The van der Waals surface area contributed by atoms with Gasteiger partial charge >= 0.3 is 0 Å². The molecule has 0 bridgehead atoms. The van der Waals surface area contributed by atoms with Gasteiger partial charge < -0.3 is 15.5 Å². The predicted molar refractivity (Wildman–Crippen MR) is 137 cm³/mol. The molecule has 0 saturated carbocycles. The molecule has 1 fully saturated rings. The van der Waals surface area contributed by atoms with Crippen molar-refractivity contribution in [2.75, 3.05) is 19.6 Å². The maximum Gasteiger partial charge on any atom is 0.251 e. The van der Waals surface area contributed by atoms with Gasteiger partial charge in [0.15, 0.2) is 0 Å². The summed E-state index contributed by atoms with van der Waals surface area (Å²) in [6.45, 7) is 10.5. The van der Waals surface area contributed by atoms with Crippen LogP contribution in [0.5, 0.6) is 0 Å². The molecule has 1 aliphatic heterocycles. The number of benzene rings is 1. The van der Waals surface area contributed by atoms with Crippen LogP contribution in [0.25, 0.3) is 0 Å². The summed E-state index contributed by atoms with van der Waals surface area (Å²) in [5.41, 5.74) is 1.17. The molecule has 36 heavy (non-hydrogen) atoms. The Morgan fingerprint density at radius 2 is 1.78 bits per heavy atom. The average Bonchev–Trinajstić information content (AvgIpc) is 2.84. The molecule has 0 radical (unpaired) electrons. The topological polar surface area (TPSA) is 119 Å². The summed E-state index contributed by atoms with van der Waals surface area (Å²) in [6, 6.07) is 6.64. The van der Waals surface area contributed by atoms with E-state index in [0.29, 0.717) is 43.0 Å². The van der Waals surface area contributed by atoms with Crippen LogP contribution in [0.3, 0.4) is 0 Å². The molecule has 3 N–H and O–H groups in total. The van der Waals surface area contributed by atoms with E-state index in [4.69, 9.17) is 0 Å². The summed E-state index contributed by atoms with van der Waals surface area (Å²) < 4.78 is 0. The molecule has 9 heteroatoms. The van der Waals surface area contributed by atoms with E-state index in [1.807, 2.05) is 46.8 Å². The number of aryl methyl sites for hydroxylation is 1. The molecule has 0 aliphatic carbocycles. The average molecular weight is 503 g/mol. The Bertz CT molecular complexity index is 888. The lowest BCUT2D eigenvalue weighted by molar-refractivity contribution is -0.155. The lowest BCUT2D eigenvalue weighted by Crippen LogP contribution is -2.58. The summed E-state index contributed by atoms with van der Waals surface area (Å²) in [7, 11) is 0. The fraction of sp³-hybridized carbons (Fsp3) is 0.630. The van der Waals surface area contributed by atoms with Crippen LogP contribution in [0, 0.1) is 18.3 Å². The first-order valence-corrected chi connectivity index (χ1v) is 12.8. The fourth-order valence-corrected chi connectivity index (χ4v) is 4.33. The van der Waals surface area contributed by atoms with Crippen molar-refractivity contribution in [2.24, 2.45) is 11.3 Å². The van der Waals surface area contributed by atoms with Crippen molar-refractivity contribution in [1.29, 1.82) is 0 Å². The maximum atomic E-state index is 13.5. The molecule has 0 spiro atoms. The fourth-order valence-electron chi connectivity index (χ4n) is 4.33. The molecule has 1 aliphatic rings. The molecule has 4 amide bonds. The van der Waals surface area contributed by atoms with Crippen LogP contribution in [0.4, 0.5) is 0 Å². The van der Waals surface area contributed by atoms with Gasteiger partial charge in [-0.25, -0.2) is 5.06 Å². The van der Waals surface area contributed by atoms with Crippen LogP contribution in [-0.2, 0) is 14.4 Å². The van der Waals surface area contributed by atoms with Gasteiger partial charge in [-0.05, 0) is 43.7 Å². The third-order valence-corrected chi connectivity index (χ3v) is 6.66. The van der Waals surface area contributed by atoms with Crippen LogP contribution in [0.1, 0.15) is 75.7 Å². The summed E-state index contributed by atoms with van der Waals surface area (Å²) >= 11 is 0. The predicted octanol–water partition coefficient (Wildman–Crippen LogP) is 2.90. The zero-order valence-electron chi connectivity index (χ0n) is 22.3. The van der Waals surface area contributed by atoms with Gasteiger partial charge in [0.2, 0.25) is 18.2 Å². The summed E-state index contributed by atoms with van der Waals surface area (Å²) in [5.74, 6) is -1.24. The first-order valence-electron chi connectivity index (χ1n) is 12.8. The van der Waals surface area contributed by atoms with E-state index in [0.717, 1.165) is 18.4 Å². The van der Waals surface area contributed by atoms with Gasteiger partial charge in [0.05, 0.1) is 12.5 Å². The van der Waals surface area contributed by atoms with Crippen molar-refractivity contribution in [1.82, 2.24) is 20.6 Å². The van der Waals surface area contributed by atoms with Crippen molar-refractivity contribution >= 4 is 24.1 Å². The second-order valence-electron chi connectivity index (χ2n) is 10.8. The van der Waals surface area contributed by atoms with Crippen molar-refractivity contribution in [3.8, 4) is 0 Å². The Labute approximate surface area is 214 Å². The van der Waals surface area contributed by atoms with E-state index in [-0.39, 0.29) is 36.7 Å². The first kappa shape index (κ1) is 29.3. The van der Waals surface area contributed by atoms with Crippen LogP contribution >= 0.6 is 0 Å². The molecule has 2 rings (SSSR count). The molecule has 200 valence electrons. The normalized spacial score (nSPS) is 16.1. The highest BCUT2D eigenvalue weighted by Crippen LogP contribution is 2.24. The highest BCUT2D eigenvalue weighted by Gasteiger charge is 2.38. The number of nitrogens with one attached hydrogen (secondary N) is 2. The Kier molecular flexibility index (Phi) is 10.9. The van der Waals surface area contributed by atoms with Gasteiger partial charge in [-0.15, -0.1) is 0 Å². The van der Waals surface area contributed by atoms with Gasteiger partial charge in [-0.2, -0.15) is 0 Å². The number of piperidine rings is 1. The molecule has 1 aromatic rings. The lowest BCUT2D eigenvalue weighted by atomic mass is 9.84. The zero-order chi connectivity index (χ0) is 26.9. The summed E-state index contributed by atoms with van der Waals surface area (Å²) in [5, 5.41) is 16.1. The summed E-state index contributed by atoms with van der Waals surface area (Å²) in [6.07, 6.45) is 3.68. The molecule has 0 aromatic heterocycles. The number of carbonyl (C=O) groups is 4. The SMILES string of the molecule is CCCC[C@H](CN(O)C=O)C(=O)N[C@H](C(=O)N1CCC(NC(=O)c2ccc(C)cc2)CC1)C(C)(C)C. The van der Waals surface area contributed by atoms with Gasteiger partial charge in [-0.1, -0.05) is 58.2 Å². The number of unbranched alkanes of at least 4 members (excludes halogenated alkanes) is 1. The number of hydrogen-bond donors (Lipinski definition) is 3. The highest BCUT2D eigenvalue weighted by atomic mass is 16.5. The zero-order valence-corrected chi connectivity index (χ0v) is 22.3. The third kappa shape index (κ3) is 8.62. The second kappa shape index (κ2) is 13.4. The molecule has 1 saturated heterocycles. The lowest BCUT2D eigenvalue weighted by Gasteiger charge is -2.39. The Morgan fingerprint density at radius 1 is 1.17 bits per heavy atom. The number of carbonyl (C=O) groups excluding carboxylic acids is 4. The van der Waals surface area contributed by atoms with Gasteiger partial charge in [-0.3, -0.25) is 24.4 Å². The molecule has 0 unspecified atom stereocenters. The van der Waals surface area contributed by atoms with E-state index in [2.05, 4.69) is 10.6 Å². The Hall–Kier alpha value is -2.94. The van der Waals surface area contributed by atoms with E-state index in [1.165, 1.54) is 0 Å². The van der Waals surface area contributed by atoms with Crippen molar-refractivity contribution in [2.45, 2.75) is 78.8 Å². The highest BCUT2D eigenvalue weighted by molar-refractivity contribution is 5.94. The van der Waals surface area contributed by atoms with Gasteiger partial charge in [0, 0.05) is 24.7 Å². The molecule has 1 heterocycles. The van der Waals surface area contributed by atoms with Crippen LogP contribution in [0.2, 0.25) is 0 Å². The quantitative estimate of drug-likeness (QED) is 0.244. The number of nitrogens with zero attached hydrogens (tertiary/aromatic N) is 2. The minimum absolute atomic E-state index is 0.0252. The molecular formula is C27H42N4O5. The van der Waals surface area contributed by atoms with Crippen LogP contribution in [0.15, 0.2) is 24.3 Å². The number of likely N-dealkylation sites (tertiary alicyclic amines) is 1.